The second-order valence-electron chi connectivity index (χ2n) is 7.62. The lowest BCUT2D eigenvalue weighted by atomic mass is 10.1. The van der Waals surface area contributed by atoms with Gasteiger partial charge in [0.05, 0.1) is 6.61 Å². The Hall–Kier alpha value is -0.483. The van der Waals surface area contributed by atoms with Crippen molar-refractivity contribution in [1.29, 1.82) is 0 Å². The van der Waals surface area contributed by atoms with Crippen LogP contribution in [-0.4, -0.2) is 46.0 Å². The molecule has 6 nitrogen and oxygen atoms in total. The summed E-state index contributed by atoms with van der Waals surface area (Å²) in [4.78, 5) is 29.3. The Balaban J connectivity index is 4.27. The molecule has 0 radical (unpaired) electrons. The lowest BCUT2D eigenvalue weighted by molar-refractivity contribution is -0.116. The predicted octanol–water partition coefficient (Wildman–Crippen LogP) is 4.89. The summed E-state index contributed by atoms with van der Waals surface area (Å²) >= 11 is 3.02. The molecule has 0 heterocycles. The van der Waals surface area contributed by atoms with E-state index in [1.165, 1.54) is 23.5 Å². The quantitative estimate of drug-likeness (QED) is 0.208. The Morgan fingerprint density at radius 2 is 1.67 bits per heavy atom. The smallest absolute Gasteiger partial charge is 0.345 e. The standard InChI is InChI=1S/C18H36N2O4S2Si/c1-9-11-14(16(25-5)26-6)15(21)19-17(22)20-23-12-10-13-24-27(7,8)18(2,3)4/h9-13H2,1-8H3,(H2,19,20,21,22). The van der Waals surface area contributed by atoms with E-state index in [1.54, 1.807) is 0 Å². The number of hydrogen-bond donors (Lipinski definition) is 2. The van der Waals surface area contributed by atoms with Gasteiger partial charge in [-0.1, -0.05) is 34.1 Å². The molecular weight excluding hydrogens is 400 g/mol. The number of nitrogens with one attached hydrogen (secondary N) is 2. The van der Waals surface area contributed by atoms with Crippen molar-refractivity contribution in [3.8, 4) is 0 Å². The van der Waals surface area contributed by atoms with Crippen molar-refractivity contribution < 1.29 is 18.9 Å². The van der Waals surface area contributed by atoms with Gasteiger partial charge in [-0.2, -0.15) is 0 Å². The fourth-order valence-electron chi connectivity index (χ4n) is 1.88. The maximum absolute atomic E-state index is 12.3. The highest BCUT2D eigenvalue weighted by molar-refractivity contribution is 8.21. The summed E-state index contributed by atoms with van der Waals surface area (Å²) in [7, 11) is -1.76. The molecule has 158 valence electrons. The van der Waals surface area contributed by atoms with Crippen molar-refractivity contribution in [2.45, 2.75) is 65.1 Å². The molecule has 0 aliphatic rings. The first-order valence-electron chi connectivity index (χ1n) is 9.18. The van der Waals surface area contributed by atoms with Gasteiger partial charge in [-0.25, -0.2) is 10.3 Å². The van der Waals surface area contributed by atoms with Crippen LogP contribution in [0.4, 0.5) is 4.79 Å². The lowest BCUT2D eigenvalue weighted by Gasteiger charge is -2.36. The molecule has 0 unspecified atom stereocenters. The van der Waals surface area contributed by atoms with Gasteiger partial charge in [0.2, 0.25) is 0 Å². The number of thioether (sulfide) groups is 2. The topological polar surface area (TPSA) is 76.7 Å². The molecule has 0 aromatic rings. The highest BCUT2D eigenvalue weighted by Crippen LogP contribution is 2.36. The molecule has 0 atom stereocenters. The second-order valence-corrected chi connectivity index (χ2v) is 14.3. The highest BCUT2D eigenvalue weighted by Gasteiger charge is 2.36. The highest BCUT2D eigenvalue weighted by atomic mass is 32.2. The molecule has 0 rings (SSSR count). The molecule has 27 heavy (non-hydrogen) atoms. The first kappa shape index (κ1) is 26.5. The molecule has 0 aliphatic heterocycles. The summed E-state index contributed by atoms with van der Waals surface area (Å²) in [6.07, 6.45) is 5.97. The van der Waals surface area contributed by atoms with Crippen LogP contribution in [0.5, 0.6) is 0 Å². The summed E-state index contributed by atoms with van der Waals surface area (Å²) in [6, 6.07) is -0.652. The van der Waals surface area contributed by atoms with Crippen LogP contribution in [0.15, 0.2) is 9.81 Å². The van der Waals surface area contributed by atoms with Crippen molar-refractivity contribution in [2.75, 3.05) is 25.7 Å². The van der Waals surface area contributed by atoms with Crippen LogP contribution in [-0.2, 0) is 14.1 Å². The van der Waals surface area contributed by atoms with Gasteiger partial charge in [-0.3, -0.25) is 14.9 Å². The van der Waals surface area contributed by atoms with Crippen LogP contribution in [0, 0.1) is 0 Å². The van der Waals surface area contributed by atoms with Crippen LogP contribution in [0.1, 0.15) is 47.0 Å². The van der Waals surface area contributed by atoms with E-state index in [1.807, 2.05) is 19.4 Å². The fraction of sp³-hybridized carbons (Fsp3) is 0.778. The minimum atomic E-state index is -1.76. The number of hydroxylamine groups is 1. The fourth-order valence-corrected chi connectivity index (χ4v) is 4.52. The van der Waals surface area contributed by atoms with Crippen molar-refractivity contribution in [2.24, 2.45) is 0 Å². The summed E-state index contributed by atoms with van der Waals surface area (Å²) in [5, 5.41) is 2.50. The van der Waals surface area contributed by atoms with E-state index in [0.717, 1.165) is 10.7 Å². The van der Waals surface area contributed by atoms with Gasteiger partial charge in [-0.15, -0.1) is 23.5 Å². The molecule has 0 spiro atoms. The molecule has 0 aromatic carbocycles. The molecule has 0 saturated carbocycles. The van der Waals surface area contributed by atoms with Crippen LogP contribution in [0.25, 0.3) is 0 Å². The maximum atomic E-state index is 12.3. The van der Waals surface area contributed by atoms with E-state index in [4.69, 9.17) is 9.26 Å². The van der Waals surface area contributed by atoms with Crippen molar-refractivity contribution in [1.82, 2.24) is 10.8 Å². The second kappa shape index (κ2) is 12.9. The molecule has 3 amide bonds. The van der Waals surface area contributed by atoms with E-state index in [-0.39, 0.29) is 10.9 Å². The monoisotopic (exact) mass is 436 g/mol. The van der Waals surface area contributed by atoms with E-state index < -0.39 is 14.3 Å². The van der Waals surface area contributed by atoms with Gasteiger partial charge in [0.15, 0.2) is 8.32 Å². The minimum absolute atomic E-state index is 0.169. The van der Waals surface area contributed by atoms with Crippen LogP contribution in [0.3, 0.4) is 0 Å². The maximum Gasteiger partial charge on any atom is 0.345 e. The zero-order valence-corrected chi connectivity index (χ0v) is 20.6. The van der Waals surface area contributed by atoms with Crippen molar-refractivity contribution in [3.05, 3.63) is 9.81 Å². The van der Waals surface area contributed by atoms with Gasteiger partial charge in [0.1, 0.15) is 0 Å². The Morgan fingerprint density at radius 3 is 2.15 bits per heavy atom. The largest absolute Gasteiger partial charge is 0.417 e. The van der Waals surface area contributed by atoms with E-state index >= 15 is 0 Å². The average molecular weight is 437 g/mol. The van der Waals surface area contributed by atoms with E-state index in [0.29, 0.717) is 31.6 Å². The summed E-state index contributed by atoms with van der Waals surface area (Å²) < 4.78 is 6.96. The number of amides is 3. The SMILES string of the molecule is CCCC(C(=O)NC(=O)NOCCCO[Si](C)(C)C(C)(C)C)=C(SC)SC. The molecule has 0 fully saturated rings. The van der Waals surface area contributed by atoms with Gasteiger partial charge >= 0.3 is 6.03 Å². The lowest BCUT2D eigenvalue weighted by Crippen LogP contribution is -2.41. The number of imide groups is 1. The summed E-state index contributed by atoms with van der Waals surface area (Å²) in [5.74, 6) is -0.377. The molecule has 0 bridgehead atoms. The Kier molecular flexibility index (Phi) is 12.6. The number of urea groups is 1. The average Bonchev–Trinajstić information content (AvgIpc) is 2.57. The van der Waals surface area contributed by atoms with Gasteiger partial charge < -0.3 is 4.43 Å². The number of carbonyl (C=O) groups is 2. The predicted molar refractivity (Wildman–Crippen MR) is 119 cm³/mol. The van der Waals surface area contributed by atoms with Crippen LogP contribution >= 0.6 is 23.5 Å². The van der Waals surface area contributed by atoms with Gasteiger partial charge in [0.25, 0.3) is 5.91 Å². The normalized spacial score (nSPS) is 11.9. The van der Waals surface area contributed by atoms with Crippen LogP contribution in [0.2, 0.25) is 18.1 Å². The number of hydrogen-bond acceptors (Lipinski definition) is 6. The number of rotatable bonds is 11. The third-order valence-corrected chi connectivity index (χ3v) is 11.2. The Labute approximate surface area is 174 Å². The van der Waals surface area contributed by atoms with Crippen LogP contribution < -0.4 is 10.8 Å². The minimum Gasteiger partial charge on any atom is -0.417 e. The molecule has 9 heteroatoms. The molecule has 0 saturated heterocycles. The van der Waals surface area contributed by atoms with Crippen molar-refractivity contribution in [3.63, 3.8) is 0 Å². The first-order valence-corrected chi connectivity index (χ1v) is 14.5. The number of carbonyl (C=O) groups excluding carboxylic acids is 2. The van der Waals surface area contributed by atoms with Gasteiger partial charge in [0, 0.05) is 16.4 Å². The molecular formula is C18H36N2O4S2Si. The zero-order chi connectivity index (χ0) is 21.1. The third kappa shape index (κ3) is 10.0. The molecule has 0 aromatic heterocycles. The van der Waals surface area contributed by atoms with E-state index in [9.17, 15) is 9.59 Å². The molecule has 2 N–H and O–H groups in total. The summed E-state index contributed by atoms with van der Waals surface area (Å²) in [6.45, 7) is 13.9. The zero-order valence-electron chi connectivity index (χ0n) is 18.0. The summed E-state index contributed by atoms with van der Waals surface area (Å²) in [5.41, 5.74) is 2.90. The first-order chi connectivity index (χ1) is 12.5. The van der Waals surface area contributed by atoms with Gasteiger partial charge in [-0.05, 0) is 43.5 Å². The molecule has 0 aliphatic carbocycles. The third-order valence-electron chi connectivity index (χ3n) is 4.44. The van der Waals surface area contributed by atoms with E-state index in [2.05, 4.69) is 44.7 Å². The Bertz CT molecular complexity index is 514. The van der Waals surface area contributed by atoms with Crippen molar-refractivity contribution >= 4 is 43.8 Å². The Morgan fingerprint density at radius 1 is 1.07 bits per heavy atom.